The summed E-state index contributed by atoms with van der Waals surface area (Å²) in [6.45, 7) is 4.68. The van der Waals surface area contributed by atoms with Gasteiger partial charge in [-0.3, -0.25) is 0 Å². The van der Waals surface area contributed by atoms with Crippen LogP contribution in [0.3, 0.4) is 0 Å². The molecule has 0 aromatic carbocycles. The molecule has 2 unspecified atom stereocenters. The first-order chi connectivity index (χ1) is 8.85. The zero-order valence-electron chi connectivity index (χ0n) is 10.7. The van der Waals surface area contributed by atoms with Crippen LogP contribution in [0, 0.1) is 17.2 Å². The van der Waals surface area contributed by atoms with Crippen molar-refractivity contribution in [1.82, 2.24) is 10.3 Å². The van der Waals surface area contributed by atoms with Crippen LogP contribution in [0.4, 0.5) is 0 Å². The van der Waals surface area contributed by atoms with Crippen molar-refractivity contribution < 1.29 is 4.74 Å². The third-order valence-corrected chi connectivity index (χ3v) is 3.47. The molecule has 2 heterocycles. The van der Waals surface area contributed by atoms with Crippen LogP contribution in [0.1, 0.15) is 31.0 Å². The Labute approximate surface area is 108 Å². The molecule has 0 saturated carbocycles. The molecule has 0 radical (unpaired) electrons. The van der Waals surface area contributed by atoms with Gasteiger partial charge in [-0.05, 0) is 24.8 Å². The molecule has 0 aliphatic carbocycles. The molecule has 4 heteroatoms. The molecule has 0 bridgehead atoms. The number of aromatic nitrogens is 1. The summed E-state index contributed by atoms with van der Waals surface area (Å²) in [6.07, 6.45) is 4.24. The molecule has 1 N–H and O–H groups in total. The van der Waals surface area contributed by atoms with E-state index in [9.17, 15) is 0 Å². The Hall–Kier alpha value is -1.44. The zero-order valence-corrected chi connectivity index (χ0v) is 10.7. The maximum absolute atomic E-state index is 8.95. The summed E-state index contributed by atoms with van der Waals surface area (Å²) in [6, 6.07) is 5.93. The quantitative estimate of drug-likeness (QED) is 0.860. The summed E-state index contributed by atoms with van der Waals surface area (Å²) in [7, 11) is 0. The SMILES string of the molecule is CCC1OCCC1CNCc1cccnc1C#N. The number of nitrogens with one attached hydrogen (secondary N) is 1. The van der Waals surface area contributed by atoms with Crippen LogP contribution >= 0.6 is 0 Å². The number of nitriles is 1. The van der Waals surface area contributed by atoms with Crippen LogP contribution in [0.25, 0.3) is 0 Å². The van der Waals surface area contributed by atoms with Crippen LogP contribution in [0.5, 0.6) is 0 Å². The van der Waals surface area contributed by atoms with Crippen molar-refractivity contribution in [2.24, 2.45) is 5.92 Å². The van der Waals surface area contributed by atoms with E-state index in [0.717, 1.165) is 31.6 Å². The van der Waals surface area contributed by atoms with Crippen LogP contribution < -0.4 is 5.32 Å². The highest BCUT2D eigenvalue weighted by molar-refractivity contribution is 5.30. The van der Waals surface area contributed by atoms with E-state index in [1.807, 2.05) is 12.1 Å². The minimum Gasteiger partial charge on any atom is -0.378 e. The highest BCUT2D eigenvalue weighted by Crippen LogP contribution is 2.22. The molecule has 1 aromatic heterocycles. The summed E-state index contributed by atoms with van der Waals surface area (Å²) in [5, 5.41) is 12.4. The van der Waals surface area contributed by atoms with Gasteiger partial charge in [-0.2, -0.15) is 5.26 Å². The average molecular weight is 245 g/mol. The summed E-state index contributed by atoms with van der Waals surface area (Å²) >= 11 is 0. The molecule has 1 aromatic rings. The smallest absolute Gasteiger partial charge is 0.144 e. The lowest BCUT2D eigenvalue weighted by Gasteiger charge is -2.17. The van der Waals surface area contributed by atoms with Crippen molar-refractivity contribution in [3.8, 4) is 6.07 Å². The molecule has 0 spiro atoms. The van der Waals surface area contributed by atoms with Crippen molar-refractivity contribution in [3.05, 3.63) is 29.6 Å². The topological polar surface area (TPSA) is 57.9 Å². The van der Waals surface area contributed by atoms with E-state index in [4.69, 9.17) is 10.00 Å². The van der Waals surface area contributed by atoms with Gasteiger partial charge in [0.2, 0.25) is 0 Å². The van der Waals surface area contributed by atoms with E-state index < -0.39 is 0 Å². The van der Waals surface area contributed by atoms with E-state index in [-0.39, 0.29) is 0 Å². The summed E-state index contributed by atoms with van der Waals surface area (Å²) in [4.78, 5) is 4.05. The Bertz CT molecular complexity index is 427. The maximum atomic E-state index is 8.95. The van der Waals surface area contributed by atoms with Crippen LogP contribution in [0.2, 0.25) is 0 Å². The molecule has 1 saturated heterocycles. The van der Waals surface area contributed by atoms with Crippen LogP contribution in [-0.2, 0) is 11.3 Å². The lowest BCUT2D eigenvalue weighted by molar-refractivity contribution is 0.0872. The molecule has 18 heavy (non-hydrogen) atoms. The molecular formula is C14H19N3O. The van der Waals surface area contributed by atoms with E-state index in [1.54, 1.807) is 6.20 Å². The Kier molecular flexibility index (Phi) is 4.68. The maximum Gasteiger partial charge on any atom is 0.144 e. The Morgan fingerprint density at radius 1 is 1.61 bits per heavy atom. The van der Waals surface area contributed by atoms with Gasteiger partial charge in [0.15, 0.2) is 0 Å². The third kappa shape index (κ3) is 3.06. The lowest BCUT2D eigenvalue weighted by Crippen LogP contribution is -2.28. The van der Waals surface area contributed by atoms with Crippen LogP contribution in [-0.4, -0.2) is 24.2 Å². The van der Waals surface area contributed by atoms with E-state index in [2.05, 4.69) is 23.3 Å². The largest absolute Gasteiger partial charge is 0.378 e. The summed E-state index contributed by atoms with van der Waals surface area (Å²) in [5.41, 5.74) is 1.48. The second kappa shape index (κ2) is 6.48. The number of pyridine rings is 1. The van der Waals surface area contributed by atoms with Gasteiger partial charge in [-0.25, -0.2) is 4.98 Å². The Morgan fingerprint density at radius 3 is 3.28 bits per heavy atom. The first-order valence-corrected chi connectivity index (χ1v) is 6.51. The van der Waals surface area contributed by atoms with Gasteiger partial charge in [0.05, 0.1) is 6.10 Å². The first kappa shape index (κ1) is 13.0. The molecule has 0 amide bonds. The lowest BCUT2D eigenvalue weighted by atomic mass is 9.99. The predicted octanol–water partition coefficient (Wildman–Crippen LogP) is 1.86. The van der Waals surface area contributed by atoms with Crippen molar-refractivity contribution in [3.63, 3.8) is 0 Å². The van der Waals surface area contributed by atoms with Crippen molar-refractivity contribution in [2.45, 2.75) is 32.4 Å². The van der Waals surface area contributed by atoms with E-state index >= 15 is 0 Å². The molecule has 2 rings (SSSR count). The average Bonchev–Trinajstić information content (AvgIpc) is 2.87. The van der Waals surface area contributed by atoms with Crippen molar-refractivity contribution >= 4 is 0 Å². The van der Waals surface area contributed by atoms with Gasteiger partial charge in [0.25, 0.3) is 0 Å². The number of ether oxygens (including phenoxy) is 1. The van der Waals surface area contributed by atoms with Gasteiger partial charge in [0.1, 0.15) is 11.8 Å². The second-order valence-corrected chi connectivity index (χ2v) is 4.62. The van der Waals surface area contributed by atoms with E-state index in [1.165, 1.54) is 0 Å². The Morgan fingerprint density at radius 2 is 2.50 bits per heavy atom. The first-order valence-electron chi connectivity index (χ1n) is 6.51. The number of nitrogens with zero attached hydrogens (tertiary/aromatic N) is 2. The third-order valence-electron chi connectivity index (χ3n) is 3.47. The molecule has 2 atom stereocenters. The van der Waals surface area contributed by atoms with Crippen molar-refractivity contribution in [1.29, 1.82) is 5.26 Å². The van der Waals surface area contributed by atoms with Gasteiger partial charge < -0.3 is 10.1 Å². The van der Waals surface area contributed by atoms with Gasteiger partial charge in [-0.1, -0.05) is 13.0 Å². The van der Waals surface area contributed by atoms with Gasteiger partial charge >= 0.3 is 0 Å². The normalized spacial score (nSPS) is 22.9. The highest BCUT2D eigenvalue weighted by atomic mass is 16.5. The molecule has 1 aliphatic rings. The minimum absolute atomic E-state index is 0.391. The zero-order chi connectivity index (χ0) is 12.8. The molecule has 96 valence electrons. The van der Waals surface area contributed by atoms with Crippen molar-refractivity contribution in [2.75, 3.05) is 13.2 Å². The van der Waals surface area contributed by atoms with Crippen LogP contribution in [0.15, 0.2) is 18.3 Å². The minimum atomic E-state index is 0.391. The Balaban J connectivity index is 1.83. The number of hydrogen-bond acceptors (Lipinski definition) is 4. The second-order valence-electron chi connectivity index (χ2n) is 4.62. The van der Waals surface area contributed by atoms with Gasteiger partial charge in [0, 0.05) is 31.5 Å². The fourth-order valence-corrected chi connectivity index (χ4v) is 2.45. The number of rotatable bonds is 5. The standard InChI is InChI=1S/C14H19N3O/c1-2-14-12(5-7-18-14)10-16-9-11-4-3-6-17-13(11)8-15/h3-4,6,12,14,16H,2,5,7,9-10H2,1H3. The van der Waals surface area contributed by atoms with E-state index in [0.29, 0.717) is 24.3 Å². The number of hydrogen-bond donors (Lipinski definition) is 1. The summed E-state index contributed by atoms with van der Waals surface area (Å²) < 4.78 is 5.66. The molecule has 1 aliphatic heterocycles. The molecular weight excluding hydrogens is 226 g/mol. The summed E-state index contributed by atoms with van der Waals surface area (Å²) in [5.74, 6) is 0.595. The molecule has 4 nitrogen and oxygen atoms in total. The predicted molar refractivity (Wildman–Crippen MR) is 68.8 cm³/mol. The fourth-order valence-electron chi connectivity index (χ4n) is 2.45. The highest BCUT2D eigenvalue weighted by Gasteiger charge is 2.25. The van der Waals surface area contributed by atoms with Gasteiger partial charge in [-0.15, -0.1) is 0 Å². The monoisotopic (exact) mass is 245 g/mol. The molecule has 1 fully saturated rings. The fraction of sp³-hybridized carbons (Fsp3) is 0.571.